The molecule has 0 atom stereocenters. The number of nitrogens with two attached hydrogens (primary N) is 1. The van der Waals surface area contributed by atoms with E-state index < -0.39 is 0 Å². The zero-order chi connectivity index (χ0) is 11.8. The van der Waals surface area contributed by atoms with Crippen LogP contribution in [0.3, 0.4) is 0 Å². The fraction of sp³-hybridized carbons (Fsp3) is 0.364. The van der Waals surface area contributed by atoms with Gasteiger partial charge in [-0.25, -0.2) is 0 Å². The van der Waals surface area contributed by atoms with E-state index in [-0.39, 0.29) is 4.75 Å². The minimum Gasteiger partial charge on any atom is -0.337 e. The first-order valence-corrected chi connectivity index (χ1v) is 7.11. The molecule has 2 aromatic rings. The van der Waals surface area contributed by atoms with Gasteiger partial charge in [0.05, 0.1) is 10.2 Å². The predicted molar refractivity (Wildman–Crippen MR) is 76.6 cm³/mol. The number of thiazole rings is 1. The van der Waals surface area contributed by atoms with Gasteiger partial charge >= 0.3 is 0 Å². The van der Waals surface area contributed by atoms with E-state index in [4.69, 9.17) is 17.4 Å². The Balaban J connectivity index is 2.48. The summed E-state index contributed by atoms with van der Waals surface area (Å²) in [5.41, 5.74) is 2.45. The van der Waals surface area contributed by atoms with Gasteiger partial charge in [-0.15, -0.1) is 11.3 Å². The lowest BCUT2D eigenvalue weighted by Crippen LogP contribution is -2.20. The summed E-state index contributed by atoms with van der Waals surface area (Å²) in [6, 6.07) is 6.31. The molecule has 1 aromatic heterocycles. The van der Waals surface area contributed by atoms with Crippen LogP contribution >= 0.6 is 35.5 Å². The number of H-pyrrole nitrogens is 1. The number of hydrogen-bond donors (Lipinski definition) is 2. The maximum Gasteiger partial charge on any atom is 0.159 e. The highest BCUT2D eigenvalue weighted by atomic mass is 32.2. The van der Waals surface area contributed by atoms with Gasteiger partial charge in [-0.1, -0.05) is 24.1 Å². The molecular formula is C11H14N2S3. The second-order valence-electron chi connectivity index (χ2n) is 4.36. The molecule has 86 valence electrons. The molecule has 2 rings (SSSR count). The Kier molecular flexibility index (Phi) is 3.39. The summed E-state index contributed by atoms with van der Waals surface area (Å²) in [6.07, 6.45) is 0.938. The van der Waals surface area contributed by atoms with Crippen molar-refractivity contribution in [1.82, 2.24) is 4.98 Å². The molecule has 0 spiro atoms. The molecule has 0 aliphatic carbocycles. The Morgan fingerprint density at radius 2 is 2.25 bits per heavy atom. The van der Waals surface area contributed by atoms with E-state index in [1.807, 2.05) is 0 Å². The lowest BCUT2D eigenvalue weighted by atomic mass is 10.0. The maximum atomic E-state index is 5.69. The van der Waals surface area contributed by atoms with Crippen molar-refractivity contribution in [1.29, 1.82) is 0 Å². The minimum atomic E-state index is 0.0473. The molecule has 0 aliphatic heterocycles. The molecule has 16 heavy (non-hydrogen) atoms. The number of aromatic amines is 1. The molecule has 2 nitrogen and oxygen atoms in total. The Morgan fingerprint density at radius 3 is 2.94 bits per heavy atom. The van der Waals surface area contributed by atoms with Crippen molar-refractivity contribution in [2.24, 2.45) is 5.14 Å². The van der Waals surface area contributed by atoms with Gasteiger partial charge in [0.1, 0.15) is 0 Å². The van der Waals surface area contributed by atoms with E-state index in [1.165, 1.54) is 27.7 Å². The number of nitrogens with one attached hydrogen (secondary N) is 1. The first-order chi connectivity index (χ1) is 7.52. The fourth-order valence-corrected chi connectivity index (χ4v) is 3.07. The third kappa shape index (κ3) is 2.48. The largest absolute Gasteiger partial charge is 0.337 e. The van der Waals surface area contributed by atoms with Gasteiger partial charge in [-0.05, 0) is 44.1 Å². The molecule has 1 heterocycles. The smallest absolute Gasteiger partial charge is 0.159 e. The standard InChI is InChI=1S/C11H14N2S3/c1-11(2,16-12)6-7-4-3-5-8-9(7)13-10(14)15-8/h3-5H,6,12H2,1-2H3,(H,13,14). The summed E-state index contributed by atoms with van der Waals surface area (Å²) < 4.78 is 2.10. The van der Waals surface area contributed by atoms with E-state index in [0.29, 0.717) is 0 Å². The van der Waals surface area contributed by atoms with Crippen molar-refractivity contribution in [2.45, 2.75) is 25.0 Å². The zero-order valence-corrected chi connectivity index (χ0v) is 11.7. The molecule has 0 bridgehead atoms. The van der Waals surface area contributed by atoms with E-state index in [9.17, 15) is 0 Å². The molecule has 3 N–H and O–H groups in total. The maximum absolute atomic E-state index is 5.69. The number of benzene rings is 1. The van der Waals surface area contributed by atoms with Crippen LogP contribution in [-0.4, -0.2) is 9.73 Å². The van der Waals surface area contributed by atoms with Crippen LogP contribution in [-0.2, 0) is 6.42 Å². The van der Waals surface area contributed by atoms with Gasteiger partial charge in [0.15, 0.2) is 3.95 Å². The number of para-hydroxylation sites is 1. The monoisotopic (exact) mass is 270 g/mol. The highest BCUT2D eigenvalue weighted by Crippen LogP contribution is 2.29. The first-order valence-electron chi connectivity index (χ1n) is 5.00. The Labute approximate surface area is 108 Å². The van der Waals surface area contributed by atoms with Gasteiger partial charge in [0.25, 0.3) is 0 Å². The summed E-state index contributed by atoms with van der Waals surface area (Å²) in [5.74, 6) is 0. The van der Waals surface area contributed by atoms with Crippen LogP contribution in [0.5, 0.6) is 0 Å². The molecule has 0 aliphatic rings. The number of hydrogen-bond acceptors (Lipinski definition) is 4. The van der Waals surface area contributed by atoms with Crippen molar-refractivity contribution in [3.05, 3.63) is 27.7 Å². The van der Waals surface area contributed by atoms with Crippen LogP contribution in [0.1, 0.15) is 19.4 Å². The van der Waals surface area contributed by atoms with Crippen molar-refractivity contribution in [3.63, 3.8) is 0 Å². The van der Waals surface area contributed by atoms with Crippen LogP contribution in [0.25, 0.3) is 10.2 Å². The topological polar surface area (TPSA) is 41.8 Å². The minimum absolute atomic E-state index is 0.0473. The molecule has 0 fully saturated rings. The number of rotatable bonds is 3. The van der Waals surface area contributed by atoms with E-state index >= 15 is 0 Å². The van der Waals surface area contributed by atoms with Crippen LogP contribution in [0, 0.1) is 3.95 Å². The lowest BCUT2D eigenvalue weighted by molar-refractivity contribution is 0.711. The van der Waals surface area contributed by atoms with Gasteiger partial charge < -0.3 is 4.98 Å². The molecular weight excluding hydrogens is 256 g/mol. The number of fused-ring (bicyclic) bond motifs is 1. The predicted octanol–water partition coefficient (Wildman–Crippen LogP) is 3.89. The third-order valence-corrected chi connectivity index (χ3v) is 4.46. The summed E-state index contributed by atoms with van der Waals surface area (Å²) in [4.78, 5) is 3.26. The van der Waals surface area contributed by atoms with Crippen LogP contribution in [0.2, 0.25) is 0 Å². The molecule has 0 unspecified atom stereocenters. The fourth-order valence-electron chi connectivity index (χ4n) is 1.68. The molecule has 0 saturated carbocycles. The zero-order valence-electron chi connectivity index (χ0n) is 9.24. The molecule has 0 saturated heterocycles. The molecule has 1 aromatic carbocycles. The van der Waals surface area contributed by atoms with Crippen molar-refractivity contribution >= 4 is 45.7 Å². The normalized spacial score (nSPS) is 12.2. The first kappa shape index (κ1) is 12.1. The Morgan fingerprint density at radius 1 is 1.50 bits per heavy atom. The molecule has 5 heteroatoms. The Hall–Kier alpha value is -0.360. The summed E-state index contributed by atoms with van der Waals surface area (Å²) in [6.45, 7) is 4.30. The van der Waals surface area contributed by atoms with Crippen molar-refractivity contribution in [3.8, 4) is 0 Å². The quantitative estimate of drug-likeness (QED) is 0.657. The highest BCUT2D eigenvalue weighted by molar-refractivity contribution is 7.98. The highest BCUT2D eigenvalue weighted by Gasteiger charge is 2.19. The summed E-state index contributed by atoms with van der Waals surface area (Å²) in [7, 11) is 0. The second-order valence-corrected chi connectivity index (χ2v) is 7.42. The second kappa shape index (κ2) is 4.49. The molecule has 0 amide bonds. The lowest BCUT2D eigenvalue weighted by Gasteiger charge is -2.21. The van der Waals surface area contributed by atoms with E-state index in [1.54, 1.807) is 11.3 Å². The number of aromatic nitrogens is 1. The van der Waals surface area contributed by atoms with Crippen LogP contribution in [0.4, 0.5) is 0 Å². The van der Waals surface area contributed by atoms with Gasteiger partial charge in [-0.2, -0.15) is 0 Å². The van der Waals surface area contributed by atoms with Crippen LogP contribution < -0.4 is 5.14 Å². The molecule has 0 radical (unpaired) electrons. The van der Waals surface area contributed by atoms with E-state index in [0.717, 1.165) is 10.4 Å². The van der Waals surface area contributed by atoms with Crippen LogP contribution in [0.15, 0.2) is 18.2 Å². The van der Waals surface area contributed by atoms with E-state index in [2.05, 4.69) is 37.0 Å². The van der Waals surface area contributed by atoms with Crippen molar-refractivity contribution < 1.29 is 0 Å². The Bertz CT molecular complexity index is 554. The van der Waals surface area contributed by atoms with Gasteiger partial charge in [0.2, 0.25) is 0 Å². The van der Waals surface area contributed by atoms with Gasteiger partial charge in [0, 0.05) is 4.75 Å². The van der Waals surface area contributed by atoms with Gasteiger partial charge in [-0.3, -0.25) is 5.14 Å². The average molecular weight is 270 g/mol. The third-order valence-electron chi connectivity index (χ3n) is 2.48. The summed E-state index contributed by atoms with van der Waals surface area (Å²) in [5, 5.41) is 5.69. The SMILES string of the molecule is CC(C)(Cc1cccc2sc(=S)[nH]c12)SN. The summed E-state index contributed by atoms with van der Waals surface area (Å²) >= 11 is 8.20. The van der Waals surface area contributed by atoms with Crippen molar-refractivity contribution in [2.75, 3.05) is 0 Å². The average Bonchev–Trinajstić information content (AvgIpc) is 2.59.